The van der Waals surface area contributed by atoms with Gasteiger partial charge in [0.2, 0.25) is 5.91 Å². The first-order valence-electron chi connectivity index (χ1n) is 7.97. The van der Waals surface area contributed by atoms with Crippen LogP contribution in [0, 0.1) is 5.41 Å². The fourth-order valence-electron chi connectivity index (χ4n) is 2.89. The maximum Gasteiger partial charge on any atom is 0.310 e. The maximum absolute atomic E-state index is 12.3. The molecule has 21 heavy (non-hydrogen) atoms. The lowest BCUT2D eigenvalue weighted by Gasteiger charge is -2.31. The standard InChI is InChI=1S/C16H30N2O3/c1-6-8-16(14(20)21)9-10-18(11-16)12(3)13(19)17-15(4,5)7-2/h12H,6-11H2,1-5H3,(H,17,19)(H,20,21). The number of carbonyl (C=O) groups is 2. The van der Waals surface area contributed by atoms with Crippen LogP contribution in [0.4, 0.5) is 0 Å². The lowest BCUT2D eigenvalue weighted by molar-refractivity contribution is -0.149. The van der Waals surface area contributed by atoms with Crippen LogP contribution < -0.4 is 5.32 Å². The molecule has 2 N–H and O–H groups in total. The van der Waals surface area contributed by atoms with Crippen molar-refractivity contribution in [2.24, 2.45) is 5.41 Å². The van der Waals surface area contributed by atoms with Crippen LogP contribution >= 0.6 is 0 Å². The second kappa shape index (κ2) is 6.77. The van der Waals surface area contributed by atoms with Crippen molar-refractivity contribution < 1.29 is 14.7 Å². The van der Waals surface area contributed by atoms with Crippen LogP contribution in [-0.4, -0.2) is 46.6 Å². The van der Waals surface area contributed by atoms with E-state index in [0.717, 1.165) is 12.8 Å². The molecule has 5 nitrogen and oxygen atoms in total. The van der Waals surface area contributed by atoms with Gasteiger partial charge in [-0.15, -0.1) is 0 Å². The highest BCUT2D eigenvalue weighted by atomic mass is 16.4. The largest absolute Gasteiger partial charge is 0.481 e. The van der Waals surface area contributed by atoms with Gasteiger partial charge >= 0.3 is 5.97 Å². The van der Waals surface area contributed by atoms with Gasteiger partial charge in [0.1, 0.15) is 0 Å². The predicted molar refractivity (Wildman–Crippen MR) is 83.1 cm³/mol. The predicted octanol–water partition coefficient (Wildman–Crippen LogP) is 2.26. The summed E-state index contributed by atoms with van der Waals surface area (Å²) in [6, 6.07) is -0.283. The zero-order valence-corrected chi connectivity index (χ0v) is 14.0. The first-order chi connectivity index (χ1) is 9.67. The van der Waals surface area contributed by atoms with Crippen molar-refractivity contribution in [2.45, 2.75) is 71.9 Å². The summed E-state index contributed by atoms with van der Waals surface area (Å²) < 4.78 is 0. The lowest BCUT2D eigenvalue weighted by Crippen LogP contribution is -2.52. The number of carboxylic acid groups (broad SMARTS) is 1. The van der Waals surface area contributed by atoms with Crippen molar-refractivity contribution in [1.82, 2.24) is 10.2 Å². The molecule has 1 amide bonds. The van der Waals surface area contributed by atoms with Crippen LogP contribution in [0.1, 0.15) is 60.3 Å². The second-order valence-electron chi connectivity index (χ2n) is 6.96. The number of aliphatic carboxylic acids is 1. The van der Waals surface area contributed by atoms with Gasteiger partial charge in [0.15, 0.2) is 0 Å². The van der Waals surface area contributed by atoms with Gasteiger partial charge in [0.25, 0.3) is 0 Å². The van der Waals surface area contributed by atoms with Gasteiger partial charge in [-0.05, 0) is 40.0 Å². The molecule has 2 atom stereocenters. The second-order valence-corrected chi connectivity index (χ2v) is 6.96. The van der Waals surface area contributed by atoms with E-state index in [2.05, 4.69) is 5.32 Å². The highest BCUT2D eigenvalue weighted by Crippen LogP contribution is 2.36. The van der Waals surface area contributed by atoms with Gasteiger partial charge in [-0.3, -0.25) is 14.5 Å². The Morgan fingerprint density at radius 3 is 2.48 bits per heavy atom. The van der Waals surface area contributed by atoms with Crippen LogP contribution in [-0.2, 0) is 9.59 Å². The lowest BCUT2D eigenvalue weighted by atomic mass is 9.83. The number of rotatable bonds is 7. The fourth-order valence-corrected chi connectivity index (χ4v) is 2.89. The minimum atomic E-state index is -0.728. The van der Waals surface area contributed by atoms with E-state index in [1.165, 1.54) is 0 Å². The average molecular weight is 298 g/mol. The Morgan fingerprint density at radius 1 is 1.38 bits per heavy atom. The number of amides is 1. The highest BCUT2D eigenvalue weighted by molar-refractivity contribution is 5.82. The van der Waals surface area contributed by atoms with Gasteiger partial charge in [-0.1, -0.05) is 20.3 Å². The minimum Gasteiger partial charge on any atom is -0.481 e. The van der Waals surface area contributed by atoms with Crippen molar-refractivity contribution in [3.05, 3.63) is 0 Å². The average Bonchev–Trinajstić information content (AvgIpc) is 2.83. The zero-order chi connectivity index (χ0) is 16.3. The molecule has 0 saturated carbocycles. The van der Waals surface area contributed by atoms with Crippen molar-refractivity contribution in [3.8, 4) is 0 Å². The van der Waals surface area contributed by atoms with Crippen LogP contribution in [0.3, 0.4) is 0 Å². The Kier molecular flexibility index (Phi) is 5.79. The summed E-state index contributed by atoms with van der Waals surface area (Å²) in [6.07, 6.45) is 3.02. The molecule has 122 valence electrons. The molecule has 1 rings (SSSR count). The summed E-state index contributed by atoms with van der Waals surface area (Å²) in [7, 11) is 0. The van der Waals surface area contributed by atoms with E-state index < -0.39 is 11.4 Å². The van der Waals surface area contributed by atoms with E-state index in [1.807, 2.05) is 39.5 Å². The molecule has 0 bridgehead atoms. The molecule has 0 spiro atoms. The third-order valence-electron chi connectivity index (χ3n) is 4.84. The van der Waals surface area contributed by atoms with Crippen LogP contribution in [0.2, 0.25) is 0 Å². The van der Waals surface area contributed by atoms with Crippen molar-refractivity contribution in [2.75, 3.05) is 13.1 Å². The van der Waals surface area contributed by atoms with E-state index in [9.17, 15) is 14.7 Å². The van der Waals surface area contributed by atoms with Crippen molar-refractivity contribution >= 4 is 11.9 Å². The van der Waals surface area contributed by atoms with E-state index in [1.54, 1.807) is 0 Å². The van der Waals surface area contributed by atoms with Gasteiger partial charge in [-0.25, -0.2) is 0 Å². The molecule has 1 aliphatic rings. The fraction of sp³-hybridized carbons (Fsp3) is 0.875. The Labute approximate surface area is 128 Å². The molecular weight excluding hydrogens is 268 g/mol. The number of nitrogens with zero attached hydrogens (tertiary/aromatic N) is 1. The summed E-state index contributed by atoms with van der Waals surface area (Å²) in [5.41, 5.74) is -0.901. The van der Waals surface area contributed by atoms with E-state index in [4.69, 9.17) is 0 Å². The Morgan fingerprint density at radius 2 is 2.00 bits per heavy atom. The summed E-state index contributed by atoms with van der Waals surface area (Å²) in [4.78, 5) is 25.9. The summed E-state index contributed by atoms with van der Waals surface area (Å²) >= 11 is 0. The smallest absolute Gasteiger partial charge is 0.310 e. The van der Waals surface area contributed by atoms with Gasteiger partial charge in [-0.2, -0.15) is 0 Å². The Hall–Kier alpha value is -1.10. The summed E-state index contributed by atoms with van der Waals surface area (Å²) in [5, 5.41) is 12.6. The molecule has 5 heteroatoms. The Balaban J connectivity index is 2.71. The van der Waals surface area contributed by atoms with E-state index >= 15 is 0 Å². The van der Waals surface area contributed by atoms with Crippen molar-refractivity contribution in [3.63, 3.8) is 0 Å². The van der Waals surface area contributed by atoms with E-state index in [0.29, 0.717) is 25.9 Å². The highest BCUT2D eigenvalue weighted by Gasteiger charge is 2.46. The van der Waals surface area contributed by atoms with Crippen LogP contribution in [0.25, 0.3) is 0 Å². The number of carboxylic acids is 1. The van der Waals surface area contributed by atoms with Crippen LogP contribution in [0.15, 0.2) is 0 Å². The topological polar surface area (TPSA) is 69.6 Å². The molecule has 1 heterocycles. The molecule has 0 aromatic heterocycles. The molecule has 1 saturated heterocycles. The minimum absolute atomic E-state index is 0.0143. The number of carbonyl (C=O) groups excluding carboxylic acids is 1. The molecule has 1 fully saturated rings. The monoisotopic (exact) mass is 298 g/mol. The number of hydrogen-bond donors (Lipinski definition) is 2. The summed E-state index contributed by atoms with van der Waals surface area (Å²) in [6.45, 7) is 11.1. The molecule has 0 aromatic rings. The quantitative estimate of drug-likeness (QED) is 0.756. The van der Waals surface area contributed by atoms with Gasteiger partial charge in [0.05, 0.1) is 11.5 Å². The number of likely N-dealkylation sites (tertiary alicyclic amines) is 1. The molecule has 2 unspecified atom stereocenters. The molecule has 0 aromatic carbocycles. The molecule has 0 aliphatic carbocycles. The summed E-state index contributed by atoms with van der Waals surface area (Å²) in [5.74, 6) is -0.743. The third-order valence-corrected chi connectivity index (χ3v) is 4.84. The molecule has 0 radical (unpaired) electrons. The SMILES string of the molecule is CCCC1(C(=O)O)CCN(C(C)C(=O)NC(C)(C)CC)C1. The Bertz CT molecular complexity index is 395. The molecular formula is C16H30N2O3. The third kappa shape index (κ3) is 4.19. The van der Waals surface area contributed by atoms with Crippen LogP contribution in [0.5, 0.6) is 0 Å². The van der Waals surface area contributed by atoms with E-state index in [-0.39, 0.29) is 17.5 Å². The van der Waals surface area contributed by atoms with Gasteiger partial charge < -0.3 is 10.4 Å². The number of nitrogens with one attached hydrogen (secondary N) is 1. The van der Waals surface area contributed by atoms with Gasteiger partial charge in [0, 0.05) is 18.6 Å². The number of hydrogen-bond acceptors (Lipinski definition) is 3. The zero-order valence-electron chi connectivity index (χ0n) is 14.0. The first kappa shape index (κ1) is 18.0. The normalized spacial score (nSPS) is 24.8. The molecule has 1 aliphatic heterocycles. The maximum atomic E-state index is 12.3. The van der Waals surface area contributed by atoms with Crippen molar-refractivity contribution in [1.29, 1.82) is 0 Å². The first-order valence-corrected chi connectivity index (χ1v) is 7.97.